The maximum atomic E-state index is 14.1. The average Bonchev–Trinajstić information content (AvgIpc) is 2.53. The minimum atomic E-state index is -2.96. The zero-order chi connectivity index (χ0) is 16.6. The number of hydrogen-bond acceptors (Lipinski definition) is 5. The minimum absolute atomic E-state index is 0.178. The highest BCUT2D eigenvalue weighted by atomic mass is 19.3. The average molecular weight is 321 g/mol. The summed E-state index contributed by atoms with van der Waals surface area (Å²) in [5, 5.41) is 0. The van der Waals surface area contributed by atoms with Gasteiger partial charge < -0.3 is 9.64 Å². The molecule has 0 amide bonds. The topological polar surface area (TPSA) is 55.3 Å². The molecule has 1 aromatic carbocycles. The molecule has 1 unspecified atom stereocenters. The first-order chi connectivity index (χ1) is 10.9. The van der Waals surface area contributed by atoms with Crippen molar-refractivity contribution in [3.63, 3.8) is 0 Å². The molecule has 1 saturated heterocycles. The number of nitrogens with zero attached hydrogens (tertiary/aromatic N) is 3. The Morgan fingerprint density at radius 2 is 2.00 bits per heavy atom. The summed E-state index contributed by atoms with van der Waals surface area (Å²) in [5.74, 6) is -4.44. The van der Waals surface area contributed by atoms with Crippen LogP contribution >= 0.6 is 0 Å². The molecular formula is C16H17F2N3O2. The zero-order valence-corrected chi connectivity index (χ0v) is 12.9. The monoisotopic (exact) mass is 321 g/mol. The third kappa shape index (κ3) is 2.95. The number of aryl methyl sites for hydroxylation is 1. The van der Waals surface area contributed by atoms with Crippen molar-refractivity contribution in [3.05, 3.63) is 30.1 Å². The number of piperidine rings is 1. The fourth-order valence-corrected chi connectivity index (χ4v) is 3.04. The van der Waals surface area contributed by atoms with Crippen LogP contribution in [0.1, 0.15) is 12.0 Å². The smallest absolute Gasteiger partial charge is 0.310 e. The number of carbonyl (C=O) groups is 1. The van der Waals surface area contributed by atoms with Crippen LogP contribution in [0.5, 0.6) is 0 Å². The van der Waals surface area contributed by atoms with Gasteiger partial charge in [0, 0.05) is 25.4 Å². The quantitative estimate of drug-likeness (QED) is 0.796. The number of halogens is 2. The fourth-order valence-electron chi connectivity index (χ4n) is 3.04. The SMILES string of the molecule is COC(=O)C1CN(c2ccc(C)c3nccnc23)CC(F)(F)C1. The van der Waals surface area contributed by atoms with Gasteiger partial charge in [0.15, 0.2) is 0 Å². The molecule has 1 aliphatic rings. The maximum Gasteiger partial charge on any atom is 0.310 e. The van der Waals surface area contributed by atoms with Crippen molar-refractivity contribution >= 4 is 22.7 Å². The number of fused-ring (bicyclic) bond motifs is 1. The largest absolute Gasteiger partial charge is 0.469 e. The van der Waals surface area contributed by atoms with E-state index in [1.54, 1.807) is 12.3 Å². The number of carbonyl (C=O) groups excluding carboxylic acids is 1. The number of aromatic nitrogens is 2. The van der Waals surface area contributed by atoms with Gasteiger partial charge in [-0.15, -0.1) is 0 Å². The van der Waals surface area contributed by atoms with Gasteiger partial charge in [-0.05, 0) is 18.6 Å². The predicted molar refractivity (Wildman–Crippen MR) is 81.6 cm³/mol. The molecule has 1 aliphatic heterocycles. The van der Waals surface area contributed by atoms with Gasteiger partial charge >= 0.3 is 5.97 Å². The van der Waals surface area contributed by atoms with Gasteiger partial charge in [-0.2, -0.15) is 0 Å². The Morgan fingerprint density at radius 3 is 2.70 bits per heavy atom. The first-order valence-electron chi connectivity index (χ1n) is 7.32. The van der Waals surface area contributed by atoms with E-state index in [-0.39, 0.29) is 6.54 Å². The first kappa shape index (κ1) is 15.6. The van der Waals surface area contributed by atoms with Gasteiger partial charge in [0.25, 0.3) is 5.92 Å². The molecule has 5 nitrogen and oxygen atoms in total. The van der Waals surface area contributed by atoms with Crippen LogP contribution in [0.3, 0.4) is 0 Å². The highest BCUT2D eigenvalue weighted by Crippen LogP contribution is 2.36. The van der Waals surface area contributed by atoms with Gasteiger partial charge in [-0.1, -0.05) is 6.07 Å². The van der Waals surface area contributed by atoms with Crippen molar-refractivity contribution in [2.45, 2.75) is 19.3 Å². The molecule has 0 saturated carbocycles. The van der Waals surface area contributed by atoms with Crippen molar-refractivity contribution in [1.29, 1.82) is 0 Å². The molecule has 1 aromatic heterocycles. The summed E-state index contributed by atoms with van der Waals surface area (Å²) in [6, 6.07) is 3.58. The number of esters is 1. The number of benzene rings is 1. The third-order valence-electron chi connectivity index (χ3n) is 4.09. The standard InChI is InChI=1S/C16H17F2N3O2/c1-10-3-4-12(14-13(10)19-5-6-20-14)21-8-11(15(22)23-2)7-16(17,18)9-21/h3-6,11H,7-9H2,1-2H3. The lowest BCUT2D eigenvalue weighted by Crippen LogP contribution is -2.49. The lowest BCUT2D eigenvalue weighted by molar-refractivity contribution is -0.150. The molecule has 2 aromatic rings. The van der Waals surface area contributed by atoms with Gasteiger partial charge in [0.05, 0.1) is 30.8 Å². The lowest BCUT2D eigenvalue weighted by Gasteiger charge is -2.38. The van der Waals surface area contributed by atoms with E-state index in [9.17, 15) is 13.6 Å². The Kier molecular flexibility index (Phi) is 3.87. The van der Waals surface area contributed by atoms with Crippen LogP contribution in [0, 0.1) is 12.8 Å². The summed E-state index contributed by atoms with van der Waals surface area (Å²) in [6.45, 7) is 1.62. The van der Waals surface area contributed by atoms with Crippen molar-refractivity contribution in [1.82, 2.24) is 9.97 Å². The summed E-state index contributed by atoms with van der Waals surface area (Å²) in [7, 11) is 1.21. The molecule has 0 radical (unpaired) electrons. The Labute approximate surface area is 132 Å². The molecule has 1 fully saturated rings. The molecule has 122 valence electrons. The molecule has 1 atom stereocenters. The molecular weight excluding hydrogens is 304 g/mol. The van der Waals surface area contributed by atoms with E-state index in [2.05, 4.69) is 14.7 Å². The molecule has 7 heteroatoms. The van der Waals surface area contributed by atoms with Gasteiger partial charge in [-0.25, -0.2) is 8.78 Å². The molecule has 0 N–H and O–H groups in total. The van der Waals surface area contributed by atoms with Crippen LogP contribution < -0.4 is 4.90 Å². The van der Waals surface area contributed by atoms with E-state index in [0.29, 0.717) is 16.7 Å². The summed E-state index contributed by atoms with van der Waals surface area (Å²) >= 11 is 0. The first-order valence-corrected chi connectivity index (χ1v) is 7.32. The second-order valence-electron chi connectivity index (χ2n) is 5.82. The fraction of sp³-hybridized carbons (Fsp3) is 0.438. The molecule has 2 heterocycles. The van der Waals surface area contributed by atoms with Gasteiger partial charge in [0.2, 0.25) is 0 Å². The number of ether oxygens (including phenoxy) is 1. The van der Waals surface area contributed by atoms with E-state index < -0.39 is 30.8 Å². The van der Waals surface area contributed by atoms with Crippen LogP contribution in [-0.2, 0) is 9.53 Å². The zero-order valence-electron chi connectivity index (χ0n) is 12.9. The van der Waals surface area contributed by atoms with Crippen molar-refractivity contribution in [3.8, 4) is 0 Å². The van der Waals surface area contributed by atoms with Crippen molar-refractivity contribution in [2.75, 3.05) is 25.1 Å². The van der Waals surface area contributed by atoms with Crippen LogP contribution in [0.4, 0.5) is 14.5 Å². The van der Waals surface area contributed by atoms with E-state index in [1.807, 2.05) is 13.0 Å². The predicted octanol–water partition coefficient (Wildman–Crippen LogP) is 2.57. The van der Waals surface area contributed by atoms with Crippen LogP contribution in [-0.4, -0.2) is 42.1 Å². The highest BCUT2D eigenvalue weighted by Gasteiger charge is 2.44. The number of alkyl halides is 2. The summed E-state index contributed by atoms with van der Waals surface area (Å²) in [4.78, 5) is 21.8. The summed E-state index contributed by atoms with van der Waals surface area (Å²) < 4.78 is 32.8. The van der Waals surface area contributed by atoms with Gasteiger partial charge in [-0.3, -0.25) is 14.8 Å². The van der Waals surface area contributed by atoms with E-state index >= 15 is 0 Å². The Hall–Kier alpha value is -2.31. The second kappa shape index (κ2) is 5.72. The summed E-state index contributed by atoms with van der Waals surface area (Å²) in [5.41, 5.74) is 2.72. The van der Waals surface area contributed by atoms with E-state index in [1.165, 1.54) is 18.2 Å². The number of hydrogen-bond donors (Lipinski definition) is 0. The van der Waals surface area contributed by atoms with E-state index in [0.717, 1.165) is 5.56 Å². The molecule has 3 rings (SSSR count). The number of anilines is 1. The van der Waals surface area contributed by atoms with Crippen LogP contribution in [0.2, 0.25) is 0 Å². The molecule has 0 spiro atoms. The molecule has 0 bridgehead atoms. The Bertz CT molecular complexity index is 751. The third-order valence-corrected chi connectivity index (χ3v) is 4.09. The lowest BCUT2D eigenvalue weighted by atomic mass is 9.94. The van der Waals surface area contributed by atoms with Crippen LogP contribution in [0.25, 0.3) is 11.0 Å². The molecule has 23 heavy (non-hydrogen) atoms. The summed E-state index contributed by atoms with van der Waals surface area (Å²) in [6.07, 6.45) is 2.61. The van der Waals surface area contributed by atoms with Gasteiger partial charge in [0.1, 0.15) is 5.52 Å². The second-order valence-corrected chi connectivity index (χ2v) is 5.82. The normalized spacial score (nSPS) is 20.5. The highest BCUT2D eigenvalue weighted by molar-refractivity contribution is 5.90. The Morgan fingerprint density at radius 1 is 1.30 bits per heavy atom. The van der Waals surface area contributed by atoms with E-state index in [4.69, 9.17) is 0 Å². The number of rotatable bonds is 2. The van der Waals surface area contributed by atoms with Crippen molar-refractivity contribution < 1.29 is 18.3 Å². The maximum absolute atomic E-state index is 14.1. The minimum Gasteiger partial charge on any atom is -0.469 e. The Balaban J connectivity index is 2.04. The van der Waals surface area contributed by atoms with Crippen molar-refractivity contribution in [2.24, 2.45) is 5.92 Å². The number of methoxy groups -OCH3 is 1. The molecule has 0 aliphatic carbocycles. The van der Waals surface area contributed by atoms with Crippen LogP contribution in [0.15, 0.2) is 24.5 Å².